The van der Waals surface area contributed by atoms with Crippen molar-refractivity contribution < 1.29 is 0 Å². The van der Waals surface area contributed by atoms with Gasteiger partial charge >= 0.3 is 0 Å². The summed E-state index contributed by atoms with van der Waals surface area (Å²) in [6.45, 7) is 3.38. The minimum absolute atomic E-state index is 0.643. The van der Waals surface area contributed by atoms with Crippen LogP contribution in [0, 0.1) is 11.3 Å². The Morgan fingerprint density at radius 1 is 1.50 bits per heavy atom. The SMILES string of the molecule is CCCN(C)C1CC1c1cccc(C#N)c1. The summed E-state index contributed by atoms with van der Waals surface area (Å²) in [7, 11) is 2.20. The molecule has 0 amide bonds. The van der Waals surface area contributed by atoms with Crippen LogP contribution in [0.5, 0.6) is 0 Å². The second-order valence-electron chi connectivity index (χ2n) is 4.63. The normalized spacial score (nSPS) is 23.1. The molecule has 0 saturated heterocycles. The van der Waals surface area contributed by atoms with Gasteiger partial charge in [0.2, 0.25) is 0 Å². The van der Waals surface area contributed by atoms with Gasteiger partial charge < -0.3 is 4.90 Å². The Balaban J connectivity index is 2.03. The molecule has 1 saturated carbocycles. The number of likely N-dealkylation sites (N-methyl/N-ethyl adjacent to an activating group) is 1. The molecule has 1 aromatic rings. The van der Waals surface area contributed by atoms with E-state index in [-0.39, 0.29) is 0 Å². The van der Waals surface area contributed by atoms with Crippen LogP contribution < -0.4 is 0 Å². The van der Waals surface area contributed by atoms with Crippen LogP contribution >= 0.6 is 0 Å². The number of benzene rings is 1. The molecule has 2 nitrogen and oxygen atoms in total. The molecule has 2 unspecified atom stereocenters. The summed E-state index contributed by atoms with van der Waals surface area (Å²) in [4.78, 5) is 2.43. The Morgan fingerprint density at radius 3 is 3.00 bits per heavy atom. The molecular formula is C14H18N2. The maximum Gasteiger partial charge on any atom is 0.0991 e. The van der Waals surface area contributed by atoms with Crippen molar-refractivity contribution in [1.29, 1.82) is 5.26 Å². The summed E-state index contributed by atoms with van der Waals surface area (Å²) >= 11 is 0. The maximum absolute atomic E-state index is 8.86. The first kappa shape index (κ1) is 11.2. The first-order chi connectivity index (χ1) is 7.76. The van der Waals surface area contributed by atoms with E-state index in [1.165, 1.54) is 24.9 Å². The molecule has 0 radical (unpaired) electrons. The van der Waals surface area contributed by atoms with Gasteiger partial charge in [-0.05, 0) is 44.1 Å². The molecule has 1 aliphatic rings. The summed E-state index contributed by atoms with van der Waals surface area (Å²) in [6, 6.07) is 10.9. The van der Waals surface area contributed by atoms with Crippen LogP contribution in [-0.2, 0) is 0 Å². The highest BCUT2D eigenvalue weighted by molar-refractivity contribution is 5.37. The van der Waals surface area contributed by atoms with Crippen LogP contribution in [0.15, 0.2) is 24.3 Å². The Labute approximate surface area is 97.5 Å². The smallest absolute Gasteiger partial charge is 0.0991 e. The van der Waals surface area contributed by atoms with Gasteiger partial charge in [0.15, 0.2) is 0 Å². The van der Waals surface area contributed by atoms with Crippen molar-refractivity contribution in [3.05, 3.63) is 35.4 Å². The zero-order chi connectivity index (χ0) is 11.5. The van der Waals surface area contributed by atoms with E-state index in [4.69, 9.17) is 5.26 Å². The summed E-state index contributed by atoms with van der Waals surface area (Å²) < 4.78 is 0. The highest BCUT2D eigenvalue weighted by atomic mass is 15.2. The Hall–Kier alpha value is -1.33. The van der Waals surface area contributed by atoms with Gasteiger partial charge in [-0.1, -0.05) is 19.1 Å². The summed E-state index contributed by atoms with van der Waals surface area (Å²) in [5, 5.41) is 8.86. The van der Waals surface area contributed by atoms with Gasteiger partial charge in [-0.25, -0.2) is 0 Å². The Bertz CT molecular complexity index is 405. The van der Waals surface area contributed by atoms with Crippen LogP contribution in [0.1, 0.15) is 36.8 Å². The molecule has 1 aromatic carbocycles. The number of nitriles is 1. The Morgan fingerprint density at radius 2 is 2.31 bits per heavy atom. The van der Waals surface area contributed by atoms with E-state index in [2.05, 4.69) is 31.0 Å². The van der Waals surface area contributed by atoms with E-state index in [0.29, 0.717) is 12.0 Å². The van der Waals surface area contributed by atoms with Gasteiger partial charge in [-0.15, -0.1) is 0 Å². The lowest BCUT2D eigenvalue weighted by Gasteiger charge is -2.15. The predicted molar refractivity (Wildman–Crippen MR) is 65.2 cm³/mol. The molecule has 0 aliphatic heterocycles. The highest BCUT2D eigenvalue weighted by Gasteiger charge is 2.40. The zero-order valence-electron chi connectivity index (χ0n) is 9.98. The first-order valence-electron chi connectivity index (χ1n) is 5.96. The van der Waals surface area contributed by atoms with Crippen LogP contribution in [0.3, 0.4) is 0 Å². The molecule has 0 heterocycles. The van der Waals surface area contributed by atoms with Crippen molar-refractivity contribution in [3.63, 3.8) is 0 Å². The second kappa shape index (κ2) is 4.67. The second-order valence-corrected chi connectivity index (χ2v) is 4.63. The molecule has 0 bridgehead atoms. The molecule has 2 rings (SSSR count). The molecule has 16 heavy (non-hydrogen) atoms. The van der Waals surface area contributed by atoms with Gasteiger partial charge in [-0.3, -0.25) is 0 Å². The number of hydrogen-bond acceptors (Lipinski definition) is 2. The van der Waals surface area contributed by atoms with Crippen molar-refractivity contribution in [2.75, 3.05) is 13.6 Å². The fourth-order valence-electron chi connectivity index (χ4n) is 2.38. The minimum Gasteiger partial charge on any atom is -0.303 e. The highest BCUT2D eigenvalue weighted by Crippen LogP contribution is 2.44. The summed E-state index contributed by atoms with van der Waals surface area (Å²) in [5.41, 5.74) is 2.10. The average molecular weight is 214 g/mol. The minimum atomic E-state index is 0.643. The lowest BCUT2D eigenvalue weighted by molar-refractivity contribution is 0.319. The quantitative estimate of drug-likeness (QED) is 0.770. The molecule has 84 valence electrons. The molecule has 1 fully saturated rings. The first-order valence-corrected chi connectivity index (χ1v) is 5.96. The number of nitrogens with zero attached hydrogens (tertiary/aromatic N) is 2. The monoisotopic (exact) mass is 214 g/mol. The van der Waals surface area contributed by atoms with Gasteiger partial charge in [0.25, 0.3) is 0 Å². The van der Waals surface area contributed by atoms with Crippen LogP contribution in [0.2, 0.25) is 0 Å². The number of rotatable bonds is 4. The van der Waals surface area contributed by atoms with Crippen LogP contribution in [0.4, 0.5) is 0 Å². The molecule has 1 aliphatic carbocycles. The molecule has 0 aromatic heterocycles. The van der Waals surface area contributed by atoms with Gasteiger partial charge in [-0.2, -0.15) is 5.26 Å². The average Bonchev–Trinajstić information content (AvgIpc) is 3.09. The standard InChI is InChI=1S/C14H18N2/c1-3-7-16(2)14-9-13(14)12-6-4-5-11(8-12)10-15/h4-6,8,13-14H,3,7,9H2,1-2H3. The third-order valence-corrected chi connectivity index (χ3v) is 3.34. The molecule has 0 spiro atoms. The van der Waals surface area contributed by atoms with Crippen molar-refractivity contribution in [3.8, 4) is 6.07 Å². The Kier molecular flexibility index (Phi) is 3.26. The fraction of sp³-hybridized carbons (Fsp3) is 0.500. The van der Waals surface area contributed by atoms with E-state index < -0.39 is 0 Å². The molecule has 0 N–H and O–H groups in total. The summed E-state index contributed by atoms with van der Waals surface area (Å²) in [5.74, 6) is 0.643. The van der Waals surface area contributed by atoms with E-state index in [1.54, 1.807) is 0 Å². The van der Waals surface area contributed by atoms with E-state index in [0.717, 1.165) is 5.56 Å². The molecule has 2 atom stereocenters. The lowest BCUT2D eigenvalue weighted by atomic mass is 10.1. The van der Waals surface area contributed by atoms with Crippen LogP contribution in [-0.4, -0.2) is 24.5 Å². The topological polar surface area (TPSA) is 27.0 Å². The third-order valence-electron chi connectivity index (χ3n) is 3.34. The number of hydrogen-bond donors (Lipinski definition) is 0. The van der Waals surface area contributed by atoms with Crippen molar-refractivity contribution in [2.45, 2.75) is 31.7 Å². The van der Waals surface area contributed by atoms with Gasteiger partial charge in [0.1, 0.15) is 0 Å². The largest absolute Gasteiger partial charge is 0.303 e. The van der Waals surface area contributed by atoms with E-state index in [1.807, 2.05) is 18.2 Å². The lowest BCUT2D eigenvalue weighted by Crippen LogP contribution is -2.22. The fourth-order valence-corrected chi connectivity index (χ4v) is 2.38. The van der Waals surface area contributed by atoms with E-state index >= 15 is 0 Å². The molecule has 2 heteroatoms. The van der Waals surface area contributed by atoms with E-state index in [9.17, 15) is 0 Å². The van der Waals surface area contributed by atoms with Gasteiger partial charge in [0.05, 0.1) is 11.6 Å². The molecular weight excluding hydrogens is 196 g/mol. The van der Waals surface area contributed by atoms with Gasteiger partial charge in [0, 0.05) is 12.0 Å². The van der Waals surface area contributed by atoms with Crippen LogP contribution in [0.25, 0.3) is 0 Å². The third kappa shape index (κ3) is 2.25. The zero-order valence-corrected chi connectivity index (χ0v) is 9.98. The van der Waals surface area contributed by atoms with Crippen molar-refractivity contribution in [1.82, 2.24) is 4.90 Å². The maximum atomic E-state index is 8.86. The van der Waals surface area contributed by atoms with Crippen molar-refractivity contribution >= 4 is 0 Å². The van der Waals surface area contributed by atoms with Crippen molar-refractivity contribution in [2.24, 2.45) is 0 Å². The summed E-state index contributed by atoms with van der Waals surface area (Å²) in [6.07, 6.45) is 2.45. The predicted octanol–water partition coefficient (Wildman–Crippen LogP) is 2.76.